The average molecular weight is 188 g/mol. The Morgan fingerprint density at radius 2 is 2.14 bits per heavy atom. The first-order valence-electron chi connectivity index (χ1n) is 6.14. The summed E-state index contributed by atoms with van der Waals surface area (Å²) in [4.78, 5) is 0. The van der Waals surface area contributed by atoms with E-state index < -0.39 is 0 Å². The molecule has 14 heavy (non-hydrogen) atoms. The van der Waals surface area contributed by atoms with Crippen molar-refractivity contribution in [3.05, 3.63) is 24.3 Å². The fourth-order valence-corrected chi connectivity index (χ4v) is 4.04. The molecule has 0 nitrogen and oxygen atoms in total. The van der Waals surface area contributed by atoms with Gasteiger partial charge in [0.25, 0.3) is 0 Å². The minimum atomic E-state index is 0.607. The molecule has 1 fully saturated rings. The average Bonchev–Trinajstić information content (AvgIpc) is 2.68. The third kappa shape index (κ3) is 1.06. The van der Waals surface area contributed by atoms with Crippen LogP contribution in [0.15, 0.2) is 24.3 Å². The van der Waals surface area contributed by atoms with Crippen LogP contribution < -0.4 is 0 Å². The zero-order valence-corrected chi connectivity index (χ0v) is 9.08. The molecule has 3 aliphatic rings. The number of hydrogen-bond donors (Lipinski definition) is 0. The first-order valence-corrected chi connectivity index (χ1v) is 6.14. The van der Waals surface area contributed by atoms with Gasteiger partial charge in [-0.1, -0.05) is 31.2 Å². The summed E-state index contributed by atoms with van der Waals surface area (Å²) in [7, 11) is 0. The van der Waals surface area contributed by atoms with Crippen LogP contribution in [0, 0.1) is 23.2 Å². The molecule has 4 unspecified atom stereocenters. The van der Waals surface area contributed by atoms with Crippen LogP contribution >= 0.6 is 0 Å². The van der Waals surface area contributed by atoms with Crippen molar-refractivity contribution in [1.29, 1.82) is 0 Å². The van der Waals surface area contributed by atoms with Gasteiger partial charge in [0, 0.05) is 0 Å². The molecule has 0 radical (unpaired) electrons. The lowest BCUT2D eigenvalue weighted by atomic mass is 9.65. The van der Waals surface area contributed by atoms with Gasteiger partial charge in [-0.25, -0.2) is 0 Å². The maximum Gasteiger partial charge on any atom is -0.0168 e. The summed E-state index contributed by atoms with van der Waals surface area (Å²) in [6.45, 7) is 2.53. The first kappa shape index (κ1) is 8.76. The second-order valence-electron chi connectivity index (χ2n) is 5.61. The van der Waals surface area contributed by atoms with Gasteiger partial charge in [-0.2, -0.15) is 0 Å². The van der Waals surface area contributed by atoms with Crippen molar-refractivity contribution in [1.82, 2.24) is 0 Å². The van der Waals surface area contributed by atoms with Crippen molar-refractivity contribution in [3.8, 4) is 0 Å². The van der Waals surface area contributed by atoms with E-state index in [1.54, 1.807) is 0 Å². The molecular weight excluding hydrogens is 168 g/mol. The Kier molecular flexibility index (Phi) is 1.87. The summed E-state index contributed by atoms with van der Waals surface area (Å²) >= 11 is 0. The molecular formula is C14H20. The van der Waals surface area contributed by atoms with Crippen LogP contribution in [0.2, 0.25) is 0 Å². The van der Waals surface area contributed by atoms with Crippen molar-refractivity contribution < 1.29 is 0 Å². The fourth-order valence-electron chi connectivity index (χ4n) is 4.04. The van der Waals surface area contributed by atoms with Crippen LogP contribution in [0.4, 0.5) is 0 Å². The predicted octanol–water partition coefficient (Wildman–Crippen LogP) is 3.95. The Bertz CT molecular complexity index is 286. The number of rotatable bonds is 0. The standard InChI is InChI=1S/C14H20/c1-14-9-5-3-2-4-6-13(14)11-7-8-12(14)10-11/h3,5,7-8,11-13H,2,4,6,9-10H2,1H3/b5-3-. The largest absolute Gasteiger partial charge is 0.0885 e. The van der Waals surface area contributed by atoms with Crippen molar-refractivity contribution in [2.45, 2.75) is 39.0 Å². The molecule has 3 rings (SSSR count). The van der Waals surface area contributed by atoms with Gasteiger partial charge in [-0.05, 0) is 55.3 Å². The fraction of sp³-hybridized carbons (Fsp3) is 0.714. The molecule has 0 saturated heterocycles. The smallest absolute Gasteiger partial charge is 0.0168 e. The zero-order chi connectivity index (χ0) is 9.60. The molecule has 2 bridgehead atoms. The third-order valence-corrected chi connectivity index (χ3v) is 4.94. The Labute approximate surface area is 87.1 Å². The van der Waals surface area contributed by atoms with E-state index >= 15 is 0 Å². The van der Waals surface area contributed by atoms with E-state index in [1.807, 2.05) is 0 Å². The Hall–Kier alpha value is -0.520. The zero-order valence-electron chi connectivity index (χ0n) is 9.08. The van der Waals surface area contributed by atoms with Crippen LogP contribution in [0.5, 0.6) is 0 Å². The summed E-state index contributed by atoms with van der Waals surface area (Å²) in [5.41, 5.74) is 0.607. The molecule has 0 heteroatoms. The molecule has 0 spiro atoms. The van der Waals surface area contributed by atoms with Gasteiger partial charge in [-0.3, -0.25) is 0 Å². The molecule has 0 aromatic carbocycles. The second-order valence-corrected chi connectivity index (χ2v) is 5.61. The SMILES string of the molecule is CC12C/C=C\CCCC1C1C=CC2C1. The summed E-state index contributed by atoms with van der Waals surface area (Å²) in [5.74, 6) is 2.80. The molecule has 0 aromatic heterocycles. The van der Waals surface area contributed by atoms with E-state index in [0.717, 1.165) is 17.8 Å². The van der Waals surface area contributed by atoms with Gasteiger partial charge in [0.15, 0.2) is 0 Å². The summed E-state index contributed by atoms with van der Waals surface area (Å²) in [5, 5.41) is 0. The molecule has 0 heterocycles. The normalized spacial score (nSPS) is 52.5. The highest BCUT2D eigenvalue weighted by Gasteiger charge is 2.51. The third-order valence-electron chi connectivity index (χ3n) is 4.94. The topological polar surface area (TPSA) is 0 Å². The van der Waals surface area contributed by atoms with Crippen LogP contribution in [0.3, 0.4) is 0 Å². The van der Waals surface area contributed by atoms with E-state index in [4.69, 9.17) is 0 Å². The van der Waals surface area contributed by atoms with E-state index in [9.17, 15) is 0 Å². The van der Waals surface area contributed by atoms with Gasteiger partial charge in [0.05, 0.1) is 0 Å². The number of hydrogen-bond acceptors (Lipinski definition) is 0. The summed E-state index contributed by atoms with van der Waals surface area (Å²) in [6, 6.07) is 0. The van der Waals surface area contributed by atoms with Crippen LogP contribution in [0.25, 0.3) is 0 Å². The van der Waals surface area contributed by atoms with Crippen molar-refractivity contribution in [3.63, 3.8) is 0 Å². The number of allylic oxidation sites excluding steroid dienone is 4. The lowest BCUT2D eigenvalue weighted by molar-refractivity contribution is 0.152. The Morgan fingerprint density at radius 3 is 3.07 bits per heavy atom. The van der Waals surface area contributed by atoms with E-state index in [1.165, 1.54) is 32.1 Å². The molecule has 0 amide bonds. The van der Waals surface area contributed by atoms with Crippen LogP contribution in [-0.2, 0) is 0 Å². The van der Waals surface area contributed by atoms with E-state index in [2.05, 4.69) is 31.2 Å². The summed E-state index contributed by atoms with van der Waals surface area (Å²) < 4.78 is 0. The minimum Gasteiger partial charge on any atom is -0.0885 e. The lowest BCUT2D eigenvalue weighted by Gasteiger charge is -2.39. The Morgan fingerprint density at radius 1 is 1.21 bits per heavy atom. The van der Waals surface area contributed by atoms with Crippen LogP contribution in [0.1, 0.15) is 39.0 Å². The monoisotopic (exact) mass is 188 g/mol. The minimum absolute atomic E-state index is 0.607. The first-order chi connectivity index (χ1) is 6.81. The van der Waals surface area contributed by atoms with Gasteiger partial charge >= 0.3 is 0 Å². The molecule has 76 valence electrons. The van der Waals surface area contributed by atoms with E-state index in [0.29, 0.717) is 5.41 Å². The maximum absolute atomic E-state index is 2.53. The Balaban J connectivity index is 1.95. The van der Waals surface area contributed by atoms with Crippen LogP contribution in [-0.4, -0.2) is 0 Å². The van der Waals surface area contributed by atoms with Gasteiger partial charge < -0.3 is 0 Å². The maximum atomic E-state index is 2.53. The molecule has 1 saturated carbocycles. The highest BCUT2D eigenvalue weighted by atomic mass is 14.6. The van der Waals surface area contributed by atoms with Gasteiger partial charge in [-0.15, -0.1) is 0 Å². The highest BCUT2D eigenvalue weighted by Crippen LogP contribution is 2.59. The highest BCUT2D eigenvalue weighted by molar-refractivity contribution is 5.19. The molecule has 0 N–H and O–H groups in total. The van der Waals surface area contributed by atoms with Crippen molar-refractivity contribution >= 4 is 0 Å². The predicted molar refractivity (Wildman–Crippen MR) is 59.9 cm³/mol. The van der Waals surface area contributed by atoms with Gasteiger partial charge in [0.2, 0.25) is 0 Å². The van der Waals surface area contributed by atoms with Crippen molar-refractivity contribution in [2.75, 3.05) is 0 Å². The van der Waals surface area contributed by atoms with Gasteiger partial charge in [0.1, 0.15) is 0 Å². The van der Waals surface area contributed by atoms with E-state index in [-0.39, 0.29) is 0 Å². The quantitative estimate of drug-likeness (QED) is 0.505. The number of fused-ring (bicyclic) bond motifs is 5. The molecule has 4 atom stereocenters. The molecule has 0 aliphatic heterocycles. The molecule has 3 aliphatic carbocycles. The summed E-state index contributed by atoms with van der Waals surface area (Å²) in [6.07, 6.45) is 16.8. The van der Waals surface area contributed by atoms with Crippen molar-refractivity contribution in [2.24, 2.45) is 23.2 Å². The second kappa shape index (κ2) is 2.98. The molecule has 0 aromatic rings. The lowest BCUT2D eigenvalue weighted by Crippen LogP contribution is -2.31.